The first-order valence-electron chi connectivity index (χ1n) is 7.96. The molecule has 0 atom stereocenters. The second-order valence-corrected chi connectivity index (χ2v) is 5.63. The van der Waals surface area contributed by atoms with Crippen molar-refractivity contribution < 1.29 is 0 Å². The van der Waals surface area contributed by atoms with E-state index < -0.39 is 0 Å². The molecule has 0 unspecified atom stereocenters. The summed E-state index contributed by atoms with van der Waals surface area (Å²) in [5, 5.41) is 0. The van der Waals surface area contributed by atoms with Crippen LogP contribution in [0.3, 0.4) is 0 Å². The Hall–Kier alpha value is -1.96. The quantitative estimate of drug-likeness (QED) is 0.552. The average Bonchev–Trinajstić information content (AvgIpc) is 2.51. The standard InChI is InChI=1S/C19H26N2/c1-2-3-4-5-9-12-16-17(20)13-14-18(21)19(16)15-10-7-6-8-11-15/h6-8,10-11,13-14H,2-5,9,12,20-21H2,1H3. The summed E-state index contributed by atoms with van der Waals surface area (Å²) in [6.45, 7) is 2.24. The molecule has 0 aliphatic heterocycles. The molecule has 2 aromatic carbocycles. The Balaban J connectivity index is 2.21. The van der Waals surface area contributed by atoms with Crippen molar-refractivity contribution in [3.05, 3.63) is 48.0 Å². The molecule has 2 aromatic rings. The summed E-state index contributed by atoms with van der Waals surface area (Å²) >= 11 is 0. The predicted molar refractivity (Wildman–Crippen MR) is 93.2 cm³/mol. The average molecular weight is 282 g/mol. The molecule has 0 aliphatic rings. The largest absolute Gasteiger partial charge is 0.398 e. The molecule has 2 nitrogen and oxygen atoms in total. The van der Waals surface area contributed by atoms with E-state index in [9.17, 15) is 0 Å². The Labute approximate surface area is 128 Å². The van der Waals surface area contributed by atoms with Crippen LogP contribution in [-0.2, 0) is 6.42 Å². The highest BCUT2D eigenvalue weighted by Crippen LogP contribution is 2.34. The van der Waals surface area contributed by atoms with Crippen LogP contribution in [0.4, 0.5) is 11.4 Å². The van der Waals surface area contributed by atoms with Crippen molar-refractivity contribution in [2.45, 2.75) is 45.4 Å². The Morgan fingerprint density at radius 2 is 1.43 bits per heavy atom. The van der Waals surface area contributed by atoms with Gasteiger partial charge in [0, 0.05) is 16.9 Å². The van der Waals surface area contributed by atoms with Crippen LogP contribution >= 0.6 is 0 Å². The molecule has 0 radical (unpaired) electrons. The van der Waals surface area contributed by atoms with Crippen molar-refractivity contribution in [1.29, 1.82) is 0 Å². The van der Waals surface area contributed by atoms with Gasteiger partial charge in [0.05, 0.1) is 0 Å². The monoisotopic (exact) mass is 282 g/mol. The molecule has 0 saturated carbocycles. The van der Waals surface area contributed by atoms with E-state index in [-0.39, 0.29) is 0 Å². The SMILES string of the molecule is CCCCCCCc1c(N)ccc(N)c1-c1ccccc1. The molecule has 2 rings (SSSR count). The Morgan fingerprint density at radius 1 is 0.762 bits per heavy atom. The van der Waals surface area contributed by atoms with Gasteiger partial charge in [0.15, 0.2) is 0 Å². The van der Waals surface area contributed by atoms with Crippen molar-refractivity contribution in [2.75, 3.05) is 11.5 Å². The Morgan fingerprint density at radius 3 is 2.14 bits per heavy atom. The van der Waals surface area contributed by atoms with Gasteiger partial charge in [-0.1, -0.05) is 62.9 Å². The maximum Gasteiger partial charge on any atom is 0.0398 e. The zero-order chi connectivity index (χ0) is 15.1. The summed E-state index contributed by atoms with van der Waals surface area (Å²) in [6.07, 6.45) is 7.33. The number of rotatable bonds is 7. The second kappa shape index (κ2) is 7.72. The molecule has 0 heterocycles. The van der Waals surface area contributed by atoms with E-state index in [2.05, 4.69) is 19.1 Å². The van der Waals surface area contributed by atoms with Gasteiger partial charge in [0.1, 0.15) is 0 Å². The van der Waals surface area contributed by atoms with Crippen molar-refractivity contribution in [3.8, 4) is 11.1 Å². The Kier molecular flexibility index (Phi) is 5.68. The van der Waals surface area contributed by atoms with Crippen molar-refractivity contribution in [3.63, 3.8) is 0 Å². The Bertz CT molecular complexity index is 561. The minimum absolute atomic E-state index is 0.818. The molecule has 0 amide bonds. The number of nitrogens with two attached hydrogens (primary N) is 2. The first kappa shape index (κ1) is 15.4. The van der Waals surface area contributed by atoms with Gasteiger partial charge in [0.2, 0.25) is 0 Å². The highest BCUT2D eigenvalue weighted by Gasteiger charge is 2.11. The van der Waals surface area contributed by atoms with Gasteiger partial charge >= 0.3 is 0 Å². The number of hydrogen-bond donors (Lipinski definition) is 2. The van der Waals surface area contributed by atoms with Gasteiger partial charge in [-0.25, -0.2) is 0 Å². The topological polar surface area (TPSA) is 52.0 Å². The van der Waals surface area contributed by atoms with Crippen LogP contribution in [0.2, 0.25) is 0 Å². The van der Waals surface area contributed by atoms with Crippen molar-refractivity contribution in [1.82, 2.24) is 0 Å². The van der Waals surface area contributed by atoms with Gasteiger partial charge in [-0.15, -0.1) is 0 Å². The predicted octanol–water partition coefficient (Wildman–Crippen LogP) is 5.03. The van der Waals surface area contributed by atoms with Gasteiger partial charge in [-0.3, -0.25) is 0 Å². The molecule has 0 fully saturated rings. The summed E-state index contributed by atoms with van der Waals surface area (Å²) in [6, 6.07) is 14.2. The maximum absolute atomic E-state index is 6.22. The van der Waals surface area contributed by atoms with Gasteiger partial charge in [0.25, 0.3) is 0 Å². The van der Waals surface area contributed by atoms with Crippen LogP contribution in [0.15, 0.2) is 42.5 Å². The van der Waals surface area contributed by atoms with Crippen LogP contribution in [0.1, 0.15) is 44.6 Å². The fraction of sp³-hybridized carbons (Fsp3) is 0.368. The zero-order valence-corrected chi connectivity index (χ0v) is 12.9. The lowest BCUT2D eigenvalue weighted by molar-refractivity contribution is 0.633. The molecule has 0 spiro atoms. The number of hydrogen-bond acceptors (Lipinski definition) is 2. The second-order valence-electron chi connectivity index (χ2n) is 5.63. The van der Waals surface area contributed by atoms with Crippen molar-refractivity contribution in [2.24, 2.45) is 0 Å². The first-order valence-corrected chi connectivity index (χ1v) is 7.96. The lowest BCUT2D eigenvalue weighted by Crippen LogP contribution is -2.02. The highest BCUT2D eigenvalue weighted by molar-refractivity contribution is 5.83. The third kappa shape index (κ3) is 4.01. The van der Waals surface area contributed by atoms with E-state index in [0.29, 0.717) is 0 Å². The molecule has 4 N–H and O–H groups in total. The molecular formula is C19H26N2. The molecule has 0 saturated heterocycles. The highest BCUT2D eigenvalue weighted by atomic mass is 14.6. The smallest absolute Gasteiger partial charge is 0.0398 e. The zero-order valence-electron chi connectivity index (χ0n) is 12.9. The van der Waals surface area contributed by atoms with Gasteiger partial charge in [-0.2, -0.15) is 0 Å². The lowest BCUT2D eigenvalue weighted by atomic mass is 9.93. The number of nitrogen functional groups attached to an aromatic ring is 2. The third-order valence-corrected chi connectivity index (χ3v) is 3.97. The van der Waals surface area contributed by atoms with Crippen LogP contribution in [0.25, 0.3) is 11.1 Å². The van der Waals surface area contributed by atoms with E-state index in [1.165, 1.54) is 37.7 Å². The van der Waals surface area contributed by atoms with E-state index in [0.717, 1.165) is 28.9 Å². The van der Waals surface area contributed by atoms with E-state index in [1.807, 2.05) is 30.3 Å². The number of benzene rings is 2. The van der Waals surface area contributed by atoms with Crippen molar-refractivity contribution >= 4 is 11.4 Å². The minimum atomic E-state index is 0.818. The summed E-state index contributed by atoms with van der Waals surface area (Å²) < 4.78 is 0. The summed E-state index contributed by atoms with van der Waals surface area (Å²) in [4.78, 5) is 0. The van der Waals surface area contributed by atoms with Crippen LogP contribution in [0, 0.1) is 0 Å². The van der Waals surface area contributed by atoms with Crippen LogP contribution in [0.5, 0.6) is 0 Å². The summed E-state index contributed by atoms with van der Waals surface area (Å²) in [5.74, 6) is 0. The van der Waals surface area contributed by atoms with E-state index in [1.54, 1.807) is 0 Å². The molecule has 0 aliphatic carbocycles. The van der Waals surface area contributed by atoms with E-state index in [4.69, 9.17) is 11.5 Å². The lowest BCUT2D eigenvalue weighted by Gasteiger charge is -2.15. The molecular weight excluding hydrogens is 256 g/mol. The third-order valence-electron chi connectivity index (χ3n) is 3.97. The van der Waals surface area contributed by atoms with Crippen LogP contribution in [-0.4, -0.2) is 0 Å². The minimum Gasteiger partial charge on any atom is -0.398 e. The van der Waals surface area contributed by atoms with E-state index >= 15 is 0 Å². The maximum atomic E-state index is 6.22. The summed E-state index contributed by atoms with van der Waals surface area (Å²) in [5.41, 5.74) is 17.6. The normalized spacial score (nSPS) is 10.7. The van der Waals surface area contributed by atoms with Crippen LogP contribution < -0.4 is 11.5 Å². The number of anilines is 2. The van der Waals surface area contributed by atoms with Gasteiger partial charge in [-0.05, 0) is 36.1 Å². The summed E-state index contributed by atoms with van der Waals surface area (Å²) in [7, 11) is 0. The first-order chi connectivity index (χ1) is 10.2. The molecule has 112 valence electrons. The number of unbranched alkanes of at least 4 members (excludes halogenated alkanes) is 4. The molecule has 2 heteroatoms. The fourth-order valence-electron chi connectivity index (χ4n) is 2.80. The molecule has 0 aromatic heterocycles. The molecule has 21 heavy (non-hydrogen) atoms. The molecule has 0 bridgehead atoms. The fourth-order valence-corrected chi connectivity index (χ4v) is 2.80. The van der Waals surface area contributed by atoms with Gasteiger partial charge < -0.3 is 11.5 Å².